The normalized spacial score (nSPS) is 9.13. The van der Waals surface area contributed by atoms with Crippen LogP contribution in [0.3, 0.4) is 0 Å². The van der Waals surface area contributed by atoms with Crippen molar-refractivity contribution < 1.29 is 14.6 Å². The van der Waals surface area contributed by atoms with E-state index in [9.17, 15) is 4.79 Å². The van der Waals surface area contributed by atoms with Crippen LogP contribution in [-0.4, -0.2) is 16.8 Å². The van der Waals surface area contributed by atoms with Crippen molar-refractivity contribution in [3.63, 3.8) is 0 Å². The van der Waals surface area contributed by atoms with E-state index < -0.39 is 5.97 Å². The molecular weight excluding hydrogens is 296 g/mol. The van der Waals surface area contributed by atoms with Crippen molar-refractivity contribution in [2.75, 3.05) is 5.43 Å². The maximum absolute atomic E-state index is 11.1. The van der Waals surface area contributed by atoms with Gasteiger partial charge in [-0.15, -0.1) is 0 Å². The highest BCUT2D eigenvalue weighted by Gasteiger charge is 2.10. The fourth-order valence-corrected chi connectivity index (χ4v) is 1.65. The number of hydrogen-bond acceptors (Lipinski definition) is 6. The van der Waals surface area contributed by atoms with Crippen LogP contribution in [0.25, 0.3) is 0 Å². The van der Waals surface area contributed by atoms with E-state index in [-0.39, 0.29) is 17.0 Å². The van der Waals surface area contributed by atoms with E-state index in [4.69, 9.17) is 20.4 Å². The molecule has 7 nitrogen and oxygen atoms in total. The van der Waals surface area contributed by atoms with Gasteiger partial charge in [-0.25, -0.2) is 4.79 Å². The van der Waals surface area contributed by atoms with Gasteiger partial charge in [0.05, 0.1) is 5.69 Å². The van der Waals surface area contributed by atoms with E-state index >= 15 is 0 Å². The highest BCUT2D eigenvalue weighted by Crippen LogP contribution is 2.26. The topological polar surface area (TPSA) is 119 Å². The quantitative estimate of drug-likeness (QED) is 0.647. The molecule has 0 saturated heterocycles. The molecule has 2 rings (SSSR count). The maximum atomic E-state index is 11.1. The molecule has 0 fully saturated rings. The number of nitriles is 2. The van der Waals surface area contributed by atoms with Gasteiger partial charge in [-0.3, -0.25) is 5.43 Å². The Morgan fingerprint density at radius 2 is 1.74 bits per heavy atom. The van der Waals surface area contributed by atoms with Crippen molar-refractivity contribution in [2.45, 2.75) is 0 Å². The Kier molecular flexibility index (Phi) is 4.90. The first kappa shape index (κ1) is 15.5. The summed E-state index contributed by atoms with van der Waals surface area (Å²) in [5.41, 5.74) is 2.88. The molecule has 23 heavy (non-hydrogen) atoms. The second-order valence-corrected chi connectivity index (χ2v) is 4.22. The third-order valence-corrected chi connectivity index (χ3v) is 2.71. The first-order valence-corrected chi connectivity index (χ1v) is 6.38. The molecule has 2 N–H and O–H groups in total. The van der Waals surface area contributed by atoms with Gasteiger partial charge in [-0.1, -0.05) is 12.1 Å². The summed E-state index contributed by atoms with van der Waals surface area (Å²) < 4.78 is 5.54. The zero-order chi connectivity index (χ0) is 16.7. The first-order chi connectivity index (χ1) is 11.1. The number of anilines is 1. The third-order valence-electron chi connectivity index (χ3n) is 2.71. The number of benzene rings is 2. The molecule has 0 aromatic heterocycles. The molecule has 0 amide bonds. The van der Waals surface area contributed by atoms with Crippen molar-refractivity contribution in [3.8, 4) is 23.6 Å². The summed E-state index contributed by atoms with van der Waals surface area (Å²) >= 11 is 0. The smallest absolute Gasteiger partial charge is 0.339 e. The summed E-state index contributed by atoms with van der Waals surface area (Å²) in [4.78, 5) is 11.1. The van der Waals surface area contributed by atoms with Crippen LogP contribution in [0.15, 0.2) is 53.6 Å². The molecule has 7 heteroatoms. The number of hydrogen-bond donors (Lipinski definition) is 2. The number of carboxylic acids is 1. The van der Waals surface area contributed by atoms with Gasteiger partial charge in [-0.05, 0) is 36.4 Å². The summed E-state index contributed by atoms with van der Waals surface area (Å²) in [5, 5.41) is 29.9. The number of nitrogens with zero attached hydrogens (tertiary/aromatic N) is 3. The molecule has 0 unspecified atom stereocenters. The molecule has 2 aromatic carbocycles. The predicted octanol–water partition coefficient (Wildman–Crippen LogP) is 2.99. The minimum absolute atomic E-state index is 0.0620. The van der Waals surface area contributed by atoms with Crippen molar-refractivity contribution in [1.29, 1.82) is 10.5 Å². The molecule has 0 spiro atoms. The molecule has 0 aliphatic rings. The largest absolute Gasteiger partial charge is 0.478 e. The van der Waals surface area contributed by atoms with Crippen LogP contribution in [0.1, 0.15) is 10.4 Å². The molecule has 0 saturated carbocycles. The van der Waals surface area contributed by atoms with Gasteiger partial charge in [0.15, 0.2) is 0 Å². The second kappa shape index (κ2) is 7.25. The lowest BCUT2D eigenvalue weighted by molar-refractivity contribution is 0.0694. The van der Waals surface area contributed by atoms with Crippen LogP contribution in [0.5, 0.6) is 11.5 Å². The molecule has 0 aliphatic carbocycles. The van der Waals surface area contributed by atoms with Gasteiger partial charge in [-0.2, -0.15) is 15.6 Å². The average molecular weight is 306 g/mol. The van der Waals surface area contributed by atoms with E-state index in [1.54, 1.807) is 54.6 Å². The first-order valence-electron chi connectivity index (χ1n) is 6.38. The average Bonchev–Trinajstić information content (AvgIpc) is 2.57. The summed E-state index contributed by atoms with van der Waals surface area (Å²) in [6.07, 6.45) is 0. The van der Waals surface area contributed by atoms with Gasteiger partial charge < -0.3 is 9.84 Å². The van der Waals surface area contributed by atoms with Crippen molar-refractivity contribution >= 4 is 17.4 Å². The van der Waals surface area contributed by atoms with Crippen LogP contribution in [0, 0.1) is 22.7 Å². The zero-order valence-electron chi connectivity index (χ0n) is 11.7. The molecule has 0 aliphatic heterocycles. The third kappa shape index (κ3) is 4.06. The molecule has 0 bridgehead atoms. The molecule has 112 valence electrons. The highest BCUT2D eigenvalue weighted by atomic mass is 16.5. The van der Waals surface area contributed by atoms with Crippen molar-refractivity contribution in [3.05, 3.63) is 54.1 Å². The zero-order valence-corrected chi connectivity index (χ0v) is 11.7. The van der Waals surface area contributed by atoms with Crippen LogP contribution in [0.4, 0.5) is 5.69 Å². The van der Waals surface area contributed by atoms with Crippen molar-refractivity contribution in [2.24, 2.45) is 5.10 Å². The number of aromatic carboxylic acids is 1. The molecular formula is C16H10N4O3. The number of hydrazone groups is 1. The lowest BCUT2D eigenvalue weighted by atomic mass is 10.2. The number of rotatable bonds is 5. The number of nitrogens with one attached hydrogen (secondary N) is 1. The van der Waals surface area contributed by atoms with Gasteiger partial charge in [0.25, 0.3) is 0 Å². The Labute approximate surface area is 131 Å². The standard InChI is InChI=1S/C16H10N4O3/c17-9-12(10-18)20-19-11-5-7-13(8-6-11)23-15-4-2-1-3-14(15)16(21)22/h1-8,19H,(H,21,22). The fraction of sp³-hybridized carbons (Fsp3) is 0. The number of carboxylic acid groups (broad SMARTS) is 1. The molecule has 2 aromatic rings. The van der Waals surface area contributed by atoms with Crippen molar-refractivity contribution in [1.82, 2.24) is 0 Å². The Morgan fingerprint density at radius 1 is 1.09 bits per heavy atom. The number of carbonyl (C=O) groups is 1. The Bertz CT molecular complexity index is 814. The second-order valence-electron chi connectivity index (χ2n) is 4.22. The molecule has 0 atom stereocenters. The van der Waals surface area contributed by atoms with E-state index in [0.29, 0.717) is 11.4 Å². The van der Waals surface area contributed by atoms with E-state index in [1.165, 1.54) is 6.07 Å². The number of ether oxygens (including phenoxy) is 1. The summed E-state index contributed by atoms with van der Waals surface area (Å²) in [6, 6.07) is 16.0. The lowest BCUT2D eigenvalue weighted by Gasteiger charge is -2.09. The Hall–Kier alpha value is -3.84. The van der Waals surface area contributed by atoms with E-state index in [1.807, 2.05) is 0 Å². The summed E-state index contributed by atoms with van der Waals surface area (Å²) in [6.45, 7) is 0. The Morgan fingerprint density at radius 3 is 2.35 bits per heavy atom. The maximum Gasteiger partial charge on any atom is 0.339 e. The molecule has 0 radical (unpaired) electrons. The van der Waals surface area contributed by atoms with Gasteiger partial charge in [0.1, 0.15) is 29.2 Å². The monoisotopic (exact) mass is 306 g/mol. The minimum Gasteiger partial charge on any atom is -0.478 e. The highest BCUT2D eigenvalue weighted by molar-refractivity contribution is 6.10. The van der Waals surface area contributed by atoms with Crippen LogP contribution < -0.4 is 10.2 Å². The Balaban J connectivity index is 2.13. The van der Waals surface area contributed by atoms with Gasteiger partial charge in [0.2, 0.25) is 5.71 Å². The number of para-hydroxylation sites is 1. The SMILES string of the molecule is N#CC(C#N)=NNc1ccc(Oc2ccccc2C(=O)O)cc1. The van der Waals surface area contributed by atoms with E-state index in [2.05, 4.69) is 10.5 Å². The predicted molar refractivity (Wildman–Crippen MR) is 82.2 cm³/mol. The van der Waals surface area contributed by atoms with Crippen LogP contribution >= 0.6 is 0 Å². The van der Waals surface area contributed by atoms with Gasteiger partial charge in [0, 0.05) is 0 Å². The summed E-state index contributed by atoms with van der Waals surface area (Å²) in [5.74, 6) is -0.405. The summed E-state index contributed by atoms with van der Waals surface area (Å²) in [7, 11) is 0. The minimum atomic E-state index is -1.08. The van der Waals surface area contributed by atoms with E-state index in [0.717, 1.165) is 0 Å². The lowest BCUT2D eigenvalue weighted by Crippen LogP contribution is -1.99. The molecule has 0 heterocycles. The fourth-order valence-electron chi connectivity index (χ4n) is 1.65. The van der Waals surface area contributed by atoms with Crippen LogP contribution in [-0.2, 0) is 0 Å². The van der Waals surface area contributed by atoms with Gasteiger partial charge >= 0.3 is 5.97 Å². The van der Waals surface area contributed by atoms with Crippen LogP contribution in [0.2, 0.25) is 0 Å².